The molecule has 152 valence electrons. The minimum absolute atomic E-state index is 0.0974. The quantitative estimate of drug-likeness (QED) is 0.722. The van der Waals surface area contributed by atoms with Crippen LogP contribution in [0.1, 0.15) is 37.4 Å². The summed E-state index contributed by atoms with van der Waals surface area (Å²) in [5.41, 5.74) is 1.44. The molecule has 1 fully saturated rings. The van der Waals surface area contributed by atoms with E-state index in [-0.39, 0.29) is 13.0 Å². The van der Waals surface area contributed by atoms with Crippen LogP contribution in [0.25, 0.3) is 0 Å². The van der Waals surface area contributed by atoms with Gasteiger partial charge in [0.25, 0.3) is 0 Å². The molecule has 0 unspecified atom stereocenters. The van der Waals surface area contributed by atoms with Gasteiger partial charge in [0.1, 0.15) is 5.82 Å². The van der Waals surface area contributed by atoms with E-state index in [1.807, 2.05) is 19.9 Å². The fourth-order valence-corrected chi connectivity index (χ4v) is 2.82. The third-order valence-corrected chi connectivity index (χ3v) is 4.14. The average molecular weight is 389 g/mol. The maximum atomic E-state index is 12.1. The zero-order chi connectivity index (χ0) is 19.9. The number of hydrogen-bond acceptors (Lipinski definition) is 5. The fraction of sp³-hybridized carbons (Fsp3) is 0.667. The van der Waals surface area contributed by atoms with Crippen LogP contribution in [0.2, 0.25) is 0 Å². The molecule has 1 N–H and O–H groups in total. The number of carbonyl (C=O) groups excluding carboxylic acids is 1. The number of hydrogen-bond donors (Lipinski definition) is 1. The van der Waals surface area contributed by atoms with Crippen molar-refractivity contribution in [3.05, 3.63) is 17.3 Å². The molecular weight excluding hydrogens is 363 g/mol. The molecule has 6 nitrogen and oxygen atoms in total. The zero-order valence-electron chi connectivity index (χ0n) is 15.7. The molecule has 0 atom stereocenters. The number of amides is 1. The van der Waals surface area contributed by atoms with Crippen molar-refractivity contribution >= 4 is 11.9 Å². The third kappa shape index (κ3) is 6.89. The van der Waals surface area contributed by atoms with Crippen LogP contribution in [0, 0.1) is 6.92 Å². The highest BCUT2D eigenvalue weighted by Gasteiger charge is 2.26. The summed E-state index contributed by atoms with van der Waals surface area (Å²) in [6.07, 6.45) is -4.66. The predicted octanol–water partition coefficient (Wildman–Crippen LogP) is 3.61. The van der Waals surface area contributed by atoms with E-state index in [0.29, 0.717) is 31.1 Å². The molecule has 1 aromatic rings. The largest absolute Gasteiger partial charge is 0.412 e. The van der Waals surface area contributed by atoms with E-state index in [9.17, 15) is 18.0 Å². The molecule has 1 aliphatic rings. The lowest BCUT2D eigenvalue weighted by molar-refractivity contribution is -0.135. The van der Waals surface area contributed by atoms with Crippen molar-refractivity contribution in [2.75, 3.05) is 37.7 Å². The molecule has 0 radical (unpaired) electrons. The predicted molar refractivity (Wildman–Crippen MR) is 95.3 cm³/mol. The average Bonchev–Trinajstić information content (AvgIpc) is 2.61. The molecule has 1 aliphatic heterocycles. The van der Waals surface area contributed by atoms with E-state index >= 15 is 0 Å². The van der Waals surface area contributed by atoms with Crippen molar-refractivity contribution in [3.8, 4) is 5.75 Å². The Hall–Kier alpha value is -2.03. The number of aromatic nitrogens is 1. The Balaban J connectivity index is 2.02. The normalized spacial score (nSPS) is 14.9. The highest BCUT2D eigenvalue weighted by Crippen LogP contribution is 2.28. The molecule has 0 saturated carbocycles. The first-order valence-corrected chi connectivity index (χ1v) is 9.16. The summed E-state index contributed by atoms with van der Waals surface area (Å²) in [7, 11) is 0. The number of morpholine rings is 1. The first kappa shape index (κ1) is 21.3. The number of ether oxygens (including phenoxy) is 2. The minimum Gasteiger partial charge on any atom is -0.408 e. The van der Waals surface area contributed by atoms with E-state index in [4.69, 9.17) is 9.47 Å². The standard InChI is InChI=1S/C18H26F3N3O3/c1-3-5-14-16(27-17(25)22-7-4-6-18(19,20)21)13(2)12-15(23-14)24-8-10-26-11-9-24/h12H,3-11H2,1-2H3,(H,22,25). The SMILES string of the molecule is CCCc1nc(N2CCOCC2)cc(C)c1OC(=O)NCCCC(F)(F)F. The summed E-state index contributed by atoms with van der Waals surface area (Å²) >= 11 is 0. The van der Waals surface area contributed by atoms with Crippen molar-refractivity contribution in [2.24, 2.45) is 0 Å². The molecule has 0 bridgehead atoms. The number of carbonyl (C=O) groups is 1. The van der Waals surface area contributed by atoms with E-state index in [0.717, 1.165) is 30.9 Å². The Bertz CT molecular complexity index is 632. The van der Waals surface area contributed by atoms with Crippen molar-refractivity contribution < 1.29 is 27.4 Å². The van der Waals surface area contributed by atoms with E-state index in [2.05, 4.69) is 15.2 Å². The molecule has 2 heterocycles. The van der Waals surface area contributed by atoms with Crippen LogP contribution in [0.4, 0.5) is 23.8 Å². The second kappa shape index (κ2) is 9.77. The summed E-state index contributed by atoms with van der Waals surface area (Å²) in [5.74, 6) is 1.19. The van der Waals surface area contributed by atoms with Crippen LogP contribution in [0.3, 0.4) is 0 Å². The van der Waals surface area contributed by atoms with Gasteiger partial charge in [-0.3, -0.25) is 0 Å². The molecule has 27 heavy (non-hydrogen) atoms. The van der Waals surface area contributed by atoms with Gasteiger partial charge < -0.3 is 19.7 Å². The van der Waals surface area contributed by atoms with Crippen molar-refractivity contribution in [1.29, 1.82) is 0 Å². The lowest BCUT2D eigenvalue weighted by Gasteiger charge is -2.29. The number of nitrogens with zero attached hydrogens (tertiary/aromatic N) is 2. The summed E-state index contributed by atoms with van der Waals surface area (Å²) < 4.78 is 47.2. The van der Waals surface area contributed by atoms with E-state index < -0.39 is 18.7 Å². The smallest absolute Gasteiger partial charge is 0.408 e. The van der Waals surface area contributed by atoms with Gasteiger partial charge in [0.2, 0.25) is 0 Å². The summed E-state index contributed by atoms with van der Waals surface area (Å²) in [5, 5.41) is 2.36. The molecule has 0 aliphatic carbocycles. The second-order valence-corrected chi connectivity index (χ2v) is 6.46. The number of anilines is 1. The van der Waals surface area contributed by atoms with Gasteiger partial charge in [0, 0.05) is 26.1 Å². The summed E-state index contributed by atoms with van der Waals surface area (Å²) in [6.45, 7) is 6.51. The lowest BCUT2D eigenvalue weighted by atomic mass is 10.1. The second-order valence-electron chi connectivity index (χ2n) is 6.46. The van der Waals surface area contributed by atoms with Crippen LogP contribution in [0.15, 0.2) is 6.07 Å². The van der Waals surface area contributed by atoms with Crippen LogP contribution < -0.4 is 15.0 Å². The topological polar surface area (TPSA) is 63.7 Å². The highest BCUT2D eigenvalue weighted by molar-refractivity contribution is 5.71. The molecule has 1 saturated heterocycles. The summed E-state index contributed by atoms with van der Waals surface area (Å²) in [6, 6.07) is 1.86. The van der Waals surface area contributed by atoms with Crippen LogP contribution in [-0.4, -0.2) is 50.1 Å². The highest BCUT2D eigenvalue weighted by atomic mass is 19.4. The summed E-state index contributed by atoms with van der Waals surface area (Å²) in [4.78, 5) is 18.7. The Labute approximate surface area is 157 Å². The van der Waals surface area contributed by atoms with Crippen LogP contribution >= 0.6 is 0 Å². The van der Waals surface area contributed by atoms with Gasteiger partial charge in [-0.15, -0.1) is 0 Å². The number of halogens is 3. The maximum Gasteiger partial charge on any atom is 0.412 e. The molecule has 9 heteroatoms. The first-order valence-electron chi connectivity index (χ1n) is 9.16. The molecule has 1 aromatic heterocycles. The zero-order valence-corrected chi connectivity index (χ0v) is 15.7. The van der Waals surface area contributed by atoms with Crippen molar-refractivity contribution in [1.82, 2.24) is 10.3 Å². The van der Waals surface area contributed by atoms with Gasteiger partial charge in [0.05, 0.1) is 18.9 Å². The molecular formula is C18H26F3N3O3. The number of alkyl halides is 3. The van der Waals surface area contributed by atoms with E-state index in [1.165, 1.54) is 0 Å². The van der Waals surface area contributed by atoms with Gasteiger partial charge in [0.15, 0.2) is 5.75 Å². The third-order valence-electron chi connectivity index (χ3n) is 4.14. The van der Waals surface area contributed by atoms with E-state index in [1.54, 1.807) is 0 Å². The Morgan fingerprint density at radius 3 is 2.70 bits per heavy atom. The van der Waals surface area contributed by atoms with Gasteiger partial charge in [-0.05, 0) is 31.4 Å². The number of rotatable bonds is 7. The molecule has 2 rings (SSSR count). The number of nitrogens with one attached hydrogen (secondary N) is 1. The minimum atomic E-state index is -4.23. The number of aryl methyl sites for hydroxylation is 2. The van der Waals surface area contributed by atoms with Gasteiger partial charge in [-0.2, -0.15) is 13.2 Å². The molecule has 1 amide bonds. The van der Waals surface area contributed by atoms with Crippen molar-refractivity contribution in [2.45, 2.75) is 45.7 Å². The van der Waals surface area contributed by atoms with Crippen LogP contribution in [0.5, 0.6) is 5.75 Å². The maximum absolute atomic E-state index is 12.1. The fourth-order valence-electron chi connectivity index (χ4n) is 2.82. The Kier molecular flexibility index (Phi) is 7.70. The Morgan fingerprint density at radius 1 is 1.37 bits per heavy atom. The molecule has 0 spiro atoms. The monoisotopic (exact) mass is 389 g/mol. The van der Waals surface area contributed by atoms with Gasteiger partial charge in [-0.1, -0.05) is 13.3 Å². The molecule has 0 aromatic carbocycles. The van der Waals surface area contributed by atoms with Crippen LogP contribution in [-0.2, 0) is 11.2 Å². The lowest BCUT2D eigenvalue weighted by Crippen LogP contribution is -2.37. The Morgan fingerprint density at radius 2 is 2.07 bits per heavy atom. The van der Waals surface area contributed by atoms with Gasteiger partial charge >= 0.3 is 12.3 Å². The first-order chi connectivity index (χ1) is 12.8. The number of pyridine rings is 1. The van der Waals surface area contributed by atoms with Gasteiger partial charge in [-0.25, -0.2) is 9.78 Å². The van der Waals surface area contributed by atoms with Crippen molar-refractivity contribution in [3.63, 3.8) is 0 Å².